The molecule has 3 rings (SSSR count). The summed E-state index contributed by atoms with van der Waals surface area (Å²) >= 11 is 0. The summed E-state index contributed by atoms with van der Waals surface area (Å²) in [6, 6.07) is 3.63. The summed E-state index contributed by atoms with van der Waals surface area (Å²) in [5.41, 5.74) is 6.70. The number of hydrogen-bond acceptors (Lipinski definition) is 4. The Morgan fingerprint density at radius 1 is 1.52 bits per heavy atom. The van der Waals surface area contributed by atoms with Crippen LogP contribution in [0.25, 0.3) is 0 Å². The van der Waals surface area contributed by atoms with E-state index in [1.165, 1.54) is 10.5 Å². The van der Waals surface area contributed by atoms with E-state index in [0.717, 1.165) is 18.5 Å². The number of rotatable bonds is 4. The van der Waals surface area contributed by atoms with Crippen LogP contribution in [0.15, 0.2) is 29.4 Å². The Morgan fingerprint density at radius 2 is 2.33 bits per heavy atom. The molecule has 1 aliphatic rings. The molecule has 0 spiro atoms. The minimum absolute atomic E-state index is 0.0639. The molecule has 0 radical (unpaired) electrons. The first-order chi connectivity index (χ1) is 10.0. The molecule has 7 nitrogen and oxygen atoms in total. The van der Waals surface area contributed by atoms with Gasteiger partial charge in [0.05, 0.1) is 6.04 Å². The van der Waals surface area contributed by atoms with Crippen LogP contribution in [-0.2, 0) is 16.6 Å². The predicted molar refractivity (Wildman–Crippen MR) is 79.0 cm³/mol. The van der Waals surface area contributed by atoms with Crippen molar-refractivity contribution in [1.82, 2.24) is 19.1 Å². The van der Waals surface area contributed by atoms with E-state index >= 15 is 0 Å². The number of aromatic amines is 1. The third kappa shape index (κ3) is 2.34. The van der Waals surface area contributed by atoms with Gasteiger partial charge in [-0.2, -0.15) is 9.40 Å². The van der Waals surface area contributed by atoms with Crippen LogP contribution >= 0.6 is 0 Å². The highest BCUT2D eigenvalue weighted by molar-refractivity contribution is 7.89. The van der Waals surface area contributed by atoms with Crippen molar-refractivity contribution in [1.29, 1.82) is 0 Å². The van der Waals surface area contributed by atoms with Crippen molar-refractivity contribution in [3.63, 3.8) is 0 Å². The zero-order valence-electron chi connectivity index (χ0n) is 11.9. The van der Waals surface area contributed by atoms with Crippen LogP contribution in [0.5, 0.6) is 0 Å². The average Bonchev–Trinajstić information content (AvgIpc) is 3.18. The molecular weight excluding hydrogens is 290 g/mol. The summed E-state index contributed by atoms with van der Waals surface area (Å²) in [7, 11) is -3.63. The molecule has 3 N–H and O–H groups in total. The molecule has 3 heterocycles. The van der Waals surface area contributed by atoms with Crippen LogP contribution in [0, 0.1) is 0 Å². The molecule has 0 saturated carbocycles. The van der Waals surface area contributed by atoms with Gasteiger partial charge < -0.3 is 10.7 Å². The maximum absolute atomic E-state index is 12.9. The van der Waals surface area contributed by atoms with Gasteiger partial charge >= 0.3 is 0 Å². The molecule has 1 saturated heterocycles. The van der Waals surface area contributed by atoms with E-state index in [1.807, 2.05) is 25.3 Å². The van der Waals surface area contributed by atoms with Crippen LogP contribution in [0.1, 0.15) is 31.5 Å². The van der Waals surface area contributed by atoms with Gasteiger partial charge in [0.15, 0.2) is 5.82 Å². The molecule has 0 bridgehead atoms. The quantitative estimate of drug-likeness (QED) is 0.890. The molecule has 2 aromatic rings. The number of nitrogens with one attached hydrogen (secondary N) is 1. The third-order valence-electron chi connectivity index (χ3n) is 3.85. The molecule has 0 amide bonds. The molecule has 0 aromatic carbocycles. The van der Waals surface area contributed by atoms with E-state index in [4.69, 9.17) is 5.73 Å². The summed E-state index contributed by atoms with van der Waals surface area (Å²) in [5.74, 6) is 0.0639. The Balaban J connectivity index is 1.99. The minimum atomic E-state index is -3.63. The van der Waals surface area contributed by atoms with Gasteiger partial charge in [-0.3, -0.25) is 4.68 Å². The summed E-state index contributed by atoms with van der Waals surface area (Å²) in [5, 5.41) is 4.04. The number of nitrogens with zero attached hydrogens (tertiary/aromatic N) is 3. The van der Waals surface area contributed by atoms with Gasteiger partial charge in [-0.05, 0) is 31.9 Å². The second-order valence-electron chi connectivity index (χ2n) is 5.13. The minimum Gasteiger partial charge on any atom is -0.381 e. The van der Waals surface area contributed by atoms with Gasteiger partial charge in [0.25, 0.3) is 0 Å². The number of aromatic nitrogens is 3. The molecule has 2 aromatic heterocycles. The summed E-state index contributed by atoms with van der Waals surface area (Å²) in [4.78, 5) is 3.21. The lowest BCUT2D eigenvalue weighted by molar-refractivity contribution is 0.391. The predicted octanol–water partition coefficient (Wildman–Crippen LogP) is 1.34. The fourth-order valence-electron chi connectivity index (χ4n) is 2.80. The fraction of sp³-hybridized carbons (Fsp3) is 0.462. The number of H-pyrrole nitrogens is 1. The van der Waals surface area contributed by atoms with Crippen LogP contribution < -0.4 is 5.73 Å². The molecular formula is C13H19N5O2S. The van der Waals surface area contributed by atoms with Gasteiger partial charge in [0.2, 0.25) is 10.0 Å². The Labute approximate surface area is 123 Å². The van der Waals surface area contributed by atoms with Gasteiger partial charge in [0.1, 0.15) is 4.90 Å². The molecule has 21 heavy (non-hydrogen) atoms. The lowest BCUT2D eigenvalue weighted by Gasteiger charge is -2.22. The van der Waals surface area contributed by atoms with Crippen molar-refractivity contribution in [2.24, 2.45) is 0 Å². The first-order valence-electron chi connectivity index (χ1n) is 7.02. The average molecular weight is 309 g/mol. The van der Waals surface area contributed by atoms with Crippen molar-refractivity contribution in [3.8, 4) is 0 Å². The monoisotopic (exact) mass is 309 g/mol. The van der Waals surface area contributed by atoms with Crippen molar-refractivity contribution in [2.75, 3.05) is 12.3 Å². The van der Waals surface area contributed by atoms with E-state index in [2.05, 4.69) is 10.1 Å². The van der Waals surface area contributed by atoms with Crippen LogP contribution in [0.4, 0.5) is 5.82 Å². The molecule has 1 fully saturated rings. The van der Waals surface area contributed by atoms with Crippen LogP contribution in [0.3, 0.4) is 0 Å². The number of hydrogen-bond donors (Lipinski definition) is 2. The van der Waals surface area contributed by atoms with E-state index < -0.39 is 10.0 Å². The second-order valence-corrected chi connectivity index (χ2v) is 6.99. The Morgan fingerprint density at radius 3 is 2.95 bits per heavy atom. The summed E-state index contributed by atoms with van der Waals surface area (Å²) < 4.78 is 28.8. The first kappa shape index (κ1) is 14.2. The summed E-state index contributed by atoms with van der Waals surface area (Å²) in [6.07, 6.45) is 4.96. The van der Waals surface area contributed by atoms with Gasteiger partial charge in [-0.25, -0.2) is 8.42 Å². The Hall–Kier alpha value is -1.80. The van der Waals surface area contributed by atoms with E-state index in [-0.39, 0.29) is 16.8 Å². The maximum Gasteiger partial charge on any atom is 0.248 e. The normalized spacial score (nSPS) is 20.1. The SMILES string of the molecule is CCn1cc(S(=O)(=O)N2CCCC2c2ccc[nH]2)c(N)n1. The number of aryl methyl sites for hydroxylation is 1. The molecule has 114 valence electrons. The second kappa shape index (κ2) is 5.19. The smallest absolute Gasteiger partial charge is 0.248 e. The fourth-order valence-corrected chi connectivity index (χ4v) is 4.53. The number of sulfonamides is 1. The highest BCUT2D eigenvalue weighted by Crippen LogP contribution is 2.36. The lowest BCUT2D eigenvalue weighted by atomic mass is 10.2. The van der Waals surface area contributed by atoms with Crippen molar-refractivity contribution < 1.29 is 8.42 Å². The largest absolute Gasteiger partial charge is 0.381 e. The topological polar surface area (TPSA) is 97.0 Å². The van der Waals surface area contributed by atoms with Gasteiger partial charge in [-0.15, -0.1) is 0 Å². The Kier molecular flexibility index (Phi) is 3.50. The molecule has 1 atom stereocenters. The Bertz CT molecular complexity index is 720. The van der Waals surface area contributed by atoms with E-state index in [0.29, 0.717) is 13.1 Å². The van der Waals surface area contributed by atoms with E-state index in [9.17, 15) is 8.42 Å². The number of nitrogens with two attached hydrogens (primary N) is 1. The molecule has 1 aliphatic heterocycles. The molecule has 0 aliphatic carbocycles. The number of anilines is 1. The van der Waals surface area contributed by atoms with Crippen molar-refractivity contribution >= 4 is 15.8 Å². The van der Waals surface area contributed by atoms with Crippen LogP contribution in [-0.4, -0.2) is 34.0 Å². The van der Waals surface area contributed by atoms with Crippen molar-refractivity contribution in [3.05, 3.63) is 30.2 Å². The first-order valence-corrected chi connectivity index (χ1v) is 8.46. The maximum atomic E-state index is 12.9. The zero-order valence-corrected chi connectivity index (χ0v) is 12.7. The standard InChI is InChI=1S/C13H19N5O2S/c1-2-17-9-12(13(14)16-17)21(19,20)18-8-4-6-11(18)10-5-3-7-15-10/h3,5,7,9,11,15H,2,4,6,8H2,1H3,(H2,14,16). The van der Waals surface area contributed by atoms with Gasteiger partial charge in [-0.1, -0.05) is 0 Å². The van der Waals surface area contributed by atoms with Crippen molar-refractivity contribution in [2.45, 2.75) is 37.2 Å². The van der Waals surface area contributed by atoms with E-state index in [1.54, 1.807) is 4.68 Å². The van der Waals surface area contributed by atoms with Gasteiger partial charge in [0, 0.05) is 31.2 Å². The summed E-state index contributed by atoms with van der Waals surface area (Å²) in [6.45, 7) is 2.98. The number of nitrogen functional groups attached to an aromatic ring is 1. The zero-order chi connectivity index (χ0) is 15.0. The molecule has 1 unspecified atom stereocenters. The molecule has 8 heteroatoms. The van der Waals surface area contributed by atoms with Crippen LogP contribution in [0.2, 0.25) is 0 Å². The highest BCUT2D eigenvalue weighted by Gasteiger charge is 2.38. The highest BCUT2D eigenvalue weighted by atomic mass is 32.2. The lowest BCUT2D eigenvalue weighted by Crippen LogP contribution is -2.31. The third-order valence-corrected chi connectivity index (χ3v) is 5.78.